The van der Waals surface area contributed by atoms with Gasteiger partial charge in [-0.25, -0.2) is 4.98 Å². The first-order valence-corrected chi connectivity index (χ1v) is 12.3. The third-order valence-electron chi connectivity index (χ3n) is 7.18. The molecule has 1 atom stereocenters. The number of para-hydroxylation sites is 2. The van der Waals surface area contributed by atoms with Crippen molar-refractivity contribution in [3.05, 3.63) is 81.7 Å². The molecule has 0 aliphatic rings. The predicted molar refractivity (Wildman–Crippen MR) is 146 cm³/mol. The summed E-state index contributed by atoms with van der Waals surface area (Å²) < 4.78 is 18.5. The second-order valence-corrected chi connectivity index (χ2v) is 9.39. The Labute approximate surface area is 218 Å². The number of carbonyl (C=O) groups is 1. The van der Waals surface area contributed by atoms with E-state index >= 15 is 0 Å². The molecule has 4 rings (SSSR count). The first-order chi connectivity index (χ1) is 17.7. The second kappa shape index (κ2) is 10.5. The zero-order valence-corrected chi connectivity index (χ0v) is 22.9. The average molecular weight is 502 g/mol. The van der Waals surface area contributed by atoms with Gasteiger partial charge in [0, 0.05) is 12.1 Å². The quantitative estimate of drug-likeness (QED) is 0.329. The van der Waals surface area contributed by atoms with Gasteiger partial charge >= 0.3 is 0 Å². The van der Waals surface area contributed by atoms with Gasteiger partial charge in [-0.05, 0) is 86.7 Å². The van der Waals surface area contributed by atoms with Crippen LogP contribution in [0.5, 0.6) is 17.2 Å². The molecule has 0 aliphatic carbocycles. The van der Waals surface area contributed by atoms with Crippen LogP contribution < -0.4 is 19.5 Å². The van der Waals surface area contributed by atoms with Gasteiger partial charge in [0.1, 0.15) is 5.82 Å². The minimum atomic E-state index is -0.356. The van der Waals surface area contributed by atoms with Crippen molar-refractivity contribution in [3.8, 4) is 17.2 Å². The van der Waals surface area contributed by atoms with Gasteiger partial charge in [-0.3, -0.25) is 4.79 Å². The number of imidazole rings is 1. The minimum absolute atomic E-state index is 0.260. The summed E-state index contributed by atoms with van der Waals surface area (Å²) in [6.07, 6.45) is 0. The maximum atomic E-state index is 13.3. The number of fused-ring (bicyclic) bond motifs is 1. The van der Waals surface area contributed by atoms with Gasteiger partial charge in [0.15, 0.2) is 11.5 Å². The van der Waals surface area contributed by atoms with Crippen molar-refractivity contribution in [3.63, 3.8) is 0 Å². The highest BCUT2D eigenvalue weighted by Crippen LogP contribution is 2.38. The highest BCUT2D eigenvalue weighted by Gasteiger charge is 2.23. The summed E-state index contributed by atoms with van der Waals surface area (Å²) in [6.45, 7) is 11.3. The maximum absolute atomic E-state index is 13.3. The Morgan fingerprint density at radius 2 is 1.51 bits per heavy atom. The molecule has 37 heavy (non-hydrogen) atoms. The zero-order valence-electron chi connectivity index (χ0n) is 22.9. The number of rotatable bonds is 8. The minimum Gasteiger partial charge on any atom is -0.493 e. The van der Waals surface area contributed by atoms with Crippen LogP contribution in [0.2, 0.25) is 0 Å². The van der Waals surface area contributed by atoms with Crippen LogP contribution in [0.1, 0.15) is 57.0 Å². The molecule has 3 aromatic carbocycles. The van der Waals surface area contributed by atoms with Gasteiger partial charge in [0.25, 0.3) is 5.91 Å². The fourth-order valence-electron chi connectivity index (χ4n) is 4.84. The Balaban J connectivity index is 1.73. The van der Waals surface area contributed by atoms with Crippen LogP contribution in [0.3, 0.4) is 0 Å². The molecule has 0 bridgehead atoms. The largest absolute Gasteiger partial charge is 0.493 e. The van der Waals surface area contributed by atoms with E-state index in [1.165, 1.54) is 49.1 Å². The van der Waals surface area contributed by atoms with E-state index < -0.39 is 0 Å². The molecular weight excluding hydrogens is 466 g/mol. The summed E-state index contributed by atoms with van der Waals surface area (Å²) in [5.41, 5.74) is 8.72. The molecule has 0 spiro atoms. The van der Waals surface area contributed by atoms with Crippen LogP contribution in [0.25, 0.3) is 11.0 Å². The van der Waals surface area contributed by atoms with Gasteiger partial charge in [0.05, 0.1) is 38.4 Å². The molecule has 4 aromatic rings. The van der Waals surface area contributed by atoms with Gasteiger partial charge in [-0.1, -0.05) is 18.2 Å². The lowest BCUT2D eigenvalue weighted by atomic mass is 9.94. The van der Waals surface area contributed by atoms with E-state index in [9.17, 15) is 4.79 Å². The number of hydrogen-bond acceptors (Lipinski definition) is 5. The van der Waals surface area contributed by atoms with Crippen LogP contribution >= 0.6 is 0 Å². The average Bonchev–Trinajstić information content (AvgIpc) is 3.27. The summed E-state index contributed by atoms with van der Waals surface area (Å²) in [7, 11) is 4.59. The van der Waals surface area contributed by atoms with Crippen molar-refractivity contribution in [1.29, 1.82) is 0 Å². The van der Waals surface area contributed by atoms with E-state index in [2.05, 4.69) is 49.7 Å². The smallest absolute Gasteiger partial charge is 0.252 e. The highest BCUT2D eigenvalue weighted by atomic mass is 16.5. The number of methoxy groups -OCH3 is 3. The van der Waals surface area contributed by atoms with Crippen molar-refractivity contribution in [1.82, 2.24) is 14.9 Å². The lowest BCUT2D eigenvalue weighted by Crippen LogP contribution is -2.29. The fraction of sp³-hybridized carbons (Fsp3) is 0.333. The maximum Gasteiger partial charge on any atom is 0.252 e. The summed E-state index contributed by atoms with van der Waals surface area (Å²) in [5, 5.41) is 3.12. The monoisotopic (exact) mass is 501 g/mol. The van der Waals surface area contributed by atoms with Crippen molar-refractivity contribution in [2.24, 2.45) is 0 Å². The number of amides is 1. The van der Waals surface area contributed by atoms with Gasteiger partial charge in [-0.15, -0.1) is 0 Å². The number of hydrogen-bond donors (Lipinski definition) is 1. The molecule has 7 heteroatoms. The van der Waals surface area contributed by atoms with Crippen LogP contribution in [0, 0.1) is 27.7 Å². The van der Waals surface area contributed by atoms with Crippen molar-refractivity contribution in [2.45, 2.75) is 47.2 Å². The van der Waals surface area contributed by atoms with Gasteiger partial charge in [0.2, 0.25) is 5.75 Å². The van der Waals surface area contributed by atoms with Crippen molar-refractivity contribution >= 4 is 16.9 Å². The topological polar surface area (TPSA) is 74.6 Å². The lowest BCUT2D eigenvalue weighted by Gasteiger charge is -2.20. The molecule has 7 nitrogen and oxygen atoms in total. The van der Waals surface area contributed by atoms with Crippen LogP contribution in [-0.4, -0.2) is 36.8 Å². The number of aryl methyl sites for hydroxylation is 2. The number of ether oxygens (including phenoxy) is 3. The molecule has 1 amide bonds. The van der Waals surface area contributed by atoms with E-state index in [0.717, 1.165) is 16.9 Å². The Morgan fingerprint density at radius 1 is 0.919 bits per heavy atom. The SMILES string of the molecule is COc1cc(C(=O)NC(C)c2nc3ccccc3n2Cc2c(C)c(C)cc(C)c2C)cc(OC)c1OC. The highest BCUT2D eigenvalue weighted by molar-refractivity contribution is 5.96. The van der Waals surface area contributed by atoms with E-state index in [0.29, 0.717) is 29.4 Å². The molecule has 1 unspecified atom stereocenters. The Bertz CT molecular complexity index is 1420. The second-order valence-electron chi connectivity index (χ2n) is 9.39. The van der Waals surface area contributed by atoms with Crippen molar-refractivity contribution < 1.29 is 19.0 Å². The van der Waals surface area contributed by atoms with E-state index in [4.69, 9.17) is 19.2 Å². The molecular formula is C30H35N3O4. The van der Waals surface area contributed by atoms with E-state index in [1.807, 2.05) is 25.1 Å². The third-order valence-corrected chi connectivity index (χ3v) is 7.18. The van der Waals surface area contributed by atoms with Crippen LogP contribution in [-0.2, 0) is 6.54 Å². The summed E-state index contributed by atoms with van der Waals surface area (Å²) in [6, 6.07) is 13.3. The summed E-state index contributed by atoms with van der Waals surface area (Å²) in [4.78, 5) is 18.3. The fourth-order valence-corrected chi connectivity index (χ4v) is 4.84. The molecule has 1 N–H and O–H groups in total. The molecule has 1 aromatic heterocycles. The Kier molecular flexibility index (Phi) is 7.43. The molecule has 1 heterocycles. The first kappa shape index (κ1) is 26.1. The van der Waals surface area contributed by atoms with Gasteiger partial charge < -0.3 is 24.1 Å². The molecule has 0 fully saturated rings. The number of nitrogens with one attached hydrogen (secondary N) is 1. The predicted octanol–water partition coefficient (Wildman–Crippen LogP) is 5.84. The van der Waals surface area contributed by atoms with E-state index in [-0.39, 0.29) is 11.9 Å². The molecule has 0 radical (unpaired) electrons. The summed E-state index contributed by atoms with van der Waals surface area (Å²) >= 11 is 0. The normalized spacial score (nSPS) is 11.9. The zero-order chi connectivity index (χ0) is 26.9. The third kappa shape index (κ3) is 4.86. The number of nitrogens with zero attached hydrogens (tertiary/aromatic N) is 2. The lowest BCUT2D eigenvalue weighted by molar-refractivity contribution is 0.0937. The van der Waals surface area contributed by atoms with Crippen molar-refractivity contribution in [2.75, 3.05) is 21.3 Å². The van der Waals surface area contributed by atoms with Gasteiger partial charge in [-0.2, -0.15) is 0 Å². The first-order valence-electron chi connectivity index (χ1n) is 12.3. The Morgan fingerprint density at radius 3 is 2.08 bits per heavy atom. The Hall–Kier alpha value is -4.00. The summed E-state index contributed by atoms with van der Waals surface area (Å²) in [5.74, 6) is 1.82. The number of carbonyl (C=O) groups excluding carboxylic acids is 1. The van der Waals surface area contributed by atoms with Crippen LogP contribution in [0.4, 0.5) is 0 Å². The molecule has 0 saturated carbocycles. The van der Waals surface area contributed by atoms with E-state index in [1.54, 1.807) is 12.1 Å². The molecule has 194 valence electrons. The number of benzene rings is 3. The molecule has 0 aliphatic heterocycles. The van der Waals surface area contributed by atoms with Crippen LogP contribution in [0.15, 0.2) is 42.5 Å². The number of aromatic nitrogens is 2. The molecule has 0 saturated heterocycles. The standard InChI is InChI=1S/C30H35N3O4/c1-17-13-18(2)20(4)23(19(17)3)16-33-25-12-10-9-11-24(25)32-29(33)21(5)31-30(34)22-14-26(35-6)28(37-8)27(15-22)36-7/h9-15,21H,16H2,1-8H3,(H,31,34).